The molecule has 8 nitrogen and oxygen atoms in total. The highest BCUT2D eigenvalue weighted by atomic mass is 35.5. The number of amides is 2. The molecule has 40 heavy (non-hydrogen) atoms. The molecule has 9 heteroatoms. The van der Waals surface area contributed by atoms with Gasteiger partial charge in [0.1, 0.15) is 18.0 Å². The lowest BCUT2D eigenvalue weighted by Gasteiger charge is -2.29. The number of nitrogens with zero attached hydrogens (tertiary/aromatic N) is 1. The molecule has 2 amide bonds. The van der Waals surface area contributed by atoms with Gasteiger partial charge in [-0.3, -0.25) is 4.79 Å². The lowest BCUT2D eigenvalue weighted by atomic mass is 9.97. The first-order valence-electron chi connectivity index (χ1n) is 14.0. The maximum atomic E-state index is 14.1. The van der Waals surface area contributed by atoms with Crippen LogP contribution in [0.4, 0.5) is 4.79 Å². The van der Waals surface area contributed by atoms with Crippen molar-refractivity contribution in [2.75, 3.05) is 33.5 Å². The van der Waals surface area contributed by atoms with Crippen LogP contribution in [-0.4, -0.2) is 67.1 Å². The van der Waals surface area contributed by atoms with Crippen LogP contribution in [0, 0.1) is 5.92 Å². The number of alkyl carbamates (subject to hydrolysis) is 1. The molecule has 2 aromatic rings. The molecular formula is C31H43ClN2O6. The summed E-state index contributed by atoms with van der Waals surface area (Å²) in [4.78, 5) is 28.4. The number of aliphatic hydroxyl groups is 1. The van der Waals surface area contributed by atoms with E-state index in [1.54, 1.807) is 27.9 Å². The van der Waals surface area contributed by atoms with Crippen molar-refractivity contribution < 1.29 is 28.9 Å². The number of benzene rings is 2. The van der Waals surface area contributed by atoms with Gasteiger partial charge in [-0.05, 0) is 87.8 Å². The summed E-state index contributed by atoms with van der Waals surface area (Å²) in [5.41, 5.74) is 2.38. The van der Waals surface area contributed by atoms with Crippen molar-refractivity contribution >= 4 is 23.6 Å². The lowest BCUT2D eigenvalue weighted by Crippen LogP contribution is -2.44. The molecule has 3 rings (SSSR count). The fourth-order valence-corrected chi connectivity index (χ4v) is 4.63. The lowest BCUT2D eigenvalue weighted by molar-refractivity contribution is -0.136. The highest BCUT2D eigenvalue weighted by Crippen LogP contribution is 2.32. The zero-order valence-electron chi connectivity index (χ0n) is 24.1. The van der Waals surface area contributed by atoms with Gasteiger partial charge >= 0.3 is 6.09 Å². The molecule has 1 aliphatic rings. The van der Waals surface area contributed by atoms with Gasteiger partial charge in [-0.25, -0.2) is 4.79 Å². The fourth-order valence-electron chi connectivity index (χ4n) is 4.45. The van der Waals surface area contributed by atoms with Crippen LogP contribution in [0.25, 0.3) is 0 Å². The van der Waals surface area contributed by atoms with Crippen LogP contribution in [0.2, 0.25) is 5.02 Å². The van der Waals surface area contributed by atoms with Gasteiger partial charge in [0.05, 0.1) is 12.5 Å². The summed E-state index contributed by atoms with van der Waals surface area (Å²) < 4.78 is 16.1. The number of methoxy groups -OCH3 is 1. The molecule has 1 aliphatic carbocycles. The van der Waals surface area contributed by atoms with Crippen LogP contribution in [0.5, 0.6) is 5.75 Å². The Hall–Kier alpha value is -2.81. The average Bonchev–Trinajstić information content (AvgIpc) is 3.75. The molecule has 2 aromatic carbocycles. The number of ether oxygens (including phenoxy) is 3. The van der Waals surface area contributed by atoms with Crippen LogP contribution < -0.4 is 10.1 Å². The van der Waals surface area contributed by atoms with Crippen LogP contribution in [0.1, 0.15) is 56.7 Å². The quantitative estimate of drug-likeness (QED) is 0.285. The van der Waals surface area contributed by atoms with Gasteiger partial charge in [-0.15, -0.1) is 0 Å². The number of hydrogen-bond acceptors (Lipinski definition) is 6. The summed E-state index contributed by atoms with van der Waals surface area (Å²) in [5, 5.41) is 12.4. The Labute approximate surface area is 242 Å². The third kappa shape index (κ3) is 10.6. The summed E-state index contributed by atoms with van der Waals surface area (Å²) in [5.74, 6) is 0.119. The minimum Gasteiger partial charge on any atom is -0.491 e. The number of carbonyl (C=O) groups is 2. The van der Waals surface area contributed by atoms with E-state index in [9.17, 15) is 9.59 Å². The van der Waals surface area contributed by atoms with Crippen LogP contribution >= 0.6 is 11.6 Å². The van der Waals surface area contributed by atoms with E-state index in [0.717, 1.165) is 42.4 Å². The Morgan fingerprint density at radius 2 is 1.80 bits per heavy atom. The zero-order valence-corrected chi connectivity index (χ0v) is 24.8. The van der Waals surface area contributed by atoms with Crippen molar-refractivity contribution in [1.29, 1.82) is 0 Å². The topological polar surface area (TPSA) is 97.3 Å². The molecule has 0 heterocycles. The van der Waals surface area contributed by atoms with E-state index in [2.05, 4.69) is 11.4 Å². The summed E-state index contributed by atoms with van der Waals surface area (Å²) in [6.45, 7) is 6.80. The van der Waals surface area contributed by atoms with Gasteiger partial charge in [0.25, 0.3) is 0 Å². The van der Waals surface area contributed by atoms with Gasteiger partial charge in [0.15, 0.2) is 0 Å². The second kappa shape index (κ2) is 15.3. The number of aryl methyl sites for hydroxylation is 1. The maximum absolute atomic E-state index is 14.1. The summed E-state index contributed by atoms with van der Waals surface area (Å²) in [7, 11) is 1.69. The zero-order chi connectivity index (χ0) is 29.1. The number of carbonyl (C=O) groups excluding carboxylic acids is 2. The molecule has 1 fully saturated rings. The van der Waals surface area contributed by atoms with E-state index in [1.807, 2.05) is 41.3 Å². The molecule has 1 atom stereocenters. The van der Waals surface area contributed by atoms with Gasteiger partial charge in [-0.2, -0.15) is 0 Å². The van der Waals surface area contributed by atoms with E-state index < -0.39 is 17.6 Å². The van der Waals surface area contributed by atoms with Crippen molar-refractivity contribution in [2.24, 2.45) is 5.92 Å². The van der Waals surface area contributed by atoms with Crippen LogP contribution in [0.15, 0.2) is 42.5 Å². The molecule has 1 unspecified atom stereocenters. The number of aliphatic hydroxyl groups excluding tert-OH is 1. The van der Waals surface area contributed by atoms with Crippen molar-refractivity contribution in [3.05, 3.63) is 64.2 Å². The maximum Gasteiger partial charge on any atom is 0.407 e. The standard InChI is InChI=1S/C31H43ClN2O6/c1-31(2,3)40-30(37)33-20-24(18-23-7-12-27(13-8-23)39-17-15-35)29(36)34(26-10-11-26)21-25-19-22(6-5-16-38-4)9-14-28(25)32/h7-9,12-14,19,24,26,35H,5-6,10-11,15-18,20-21H2,1-4H3,(H,33,37). The van der Waals surface area contributed by atoms with E-state index in [0.29, 0.717) is 30.3 Å². The SMILES string of the molecule is COCCCc1ccc(Cl)c(CN(C(=O)C(CNC(=O)OC(C)(C)C)Cc2ccc(OCCO)cc2)C2CC2)c1. The largest absolute Gasteiger partial charge is 0.491 e. The second-order valence-corrected chi connectivity index (χ2v) is 11.6. The third-order valence-corrected chi connectivity index (χ3v) is 6.91. The monoisotopic (exact) mass is 574 g/mol. The molecule has 220 valence electrons. The highest BCUT2D eigenvalue weighted by molar-refractivity contribution is 6.31. The minimum absolute atomic E-state index is 0.0278. The number of rotatable bonds is 15. The van der Waals surface area contributed by atoms with E-state index >= 15 is 0 Å². The van der Waals surface area contributed by atoms with E-state index in [-0.39, 0.29) is 31.7 Å². The van der Waals surface area contributed by atoms with Gasteiger partial charge in [-0.1, -0.05) is 35.9 Å². The minimum atomic E-state index is -0.640. The third-order valence-electron chi connectivity index (χ3n) is 6.54. The van der Waals surface area contributed by atoms with Crippen LogP contribution in [0.3, 0.4) is 0 Å². The van der Waals surface area contributed by atoms with Crippen molar-refractivity contribution in [1.82, 2.24) is 10.2 Å². The van der Waals surface area contributed by atoms with E-state index in [4.69, 9.17) is 30.9 Å². The Bertz CT molecular complexity index is 1100. The van der Waals surface area contributed by atoms with Crippen molar-refractivity contribution in [3.8, 4) is 5.75 Å². The van der Waals surface area contributed by atoms with E-state index in [1.165, 1.54) is 0 Å². The average molecular weight is 575 g/mol. The van der Waals surface area contributed by atoms with Gasteiger partial charge in [0, 0.05) is 37.9 Å². The summed E-state index contributed by atoms with van der Waals surface area (Å²) in [6, 6.07) is 13.6. The second-order valence-electron chi connectivity index (χ2n) is 11.2. The molecule has 0 aromatic heterocycles. The molecule has 0 bridgehead atoms. The Morgan fingerprint density at radius 3 is 2.42 bits per heavy atom. The molecule has 2 N–H and O–H groups in total. The Balaban J connectivity index is 1.78. The highest BCUT2D eigenvalue weighted by Gasteiger charge is 2.36. The first kappa shape index (κ1) is 31.7. The molecule has 0 aliphatic heterocycles. The molecular weight excluding hydrogens is 532 g/mol. The number of nitrogens with one attached hydrogen (secondary N) is 1. The van der Waals surface area contributed by atoms with Gasteiger partial charge < -0.3 is 29.5 Å². The molecule has 0 spiro atoms. The first-order valence-corrected chi connectivity index (χ1v) is 14.3. The smallest absolute Gasteiger partial charge is 0.407 e. The first-order chi connectivity index (χ1) is 19.1. The predicted molar refractivity (Wildman–Crippen MR) is 156 cm³/mol. The van der Waals surface area contributed by atoms with Crippen LogP contribution in [-0.2, 0) is 33.7 Å². The molecule has 1 saturated carbocycles. The fraction of sp³-hybridized carbons (Fsp3) is 0.548. The Morgan fingerprint density at radius 1 is 1.10 bits per heavy atom. The molecule has 0 radical (unpaired) electrons. The molecule has 0 saturated heterocycles. The predicted octanol–water partition coefficient (Wildman–Crippen LogP) is 5.16. The Kier molecular flexibility index (Phi) is 12.1. The van der Waals surface area contributed by atoms with Crippen molar-refractivity contribution in [2.45, 2.75) is 71.1 Å². The normalized spacial score (nSPS) is 13.9. The number of halogens is 1. The van der Waals surface area contributed by atoms with Gasteiger partial charge in [0.2, 0.25) is 5.91 Å². The number of hydrogen-bond donors (Lipinski definition) is 2. The summed E-state index contributed by atoms with van der Waals surface area (Å²) >= 11 is 6.59. The van der Waals surface area contributed by atoms with Crippen molar-refractivity contribution in [3.63, 3.8) is 0 Å². The summed E-state index contributed by atoms with van der Waals surface area (Å²) in [6.07, 6.45) is 3.55.